The highest BCUT2D eigenvalue weighted by molar-refractivity contribution is 7.14. The average Bonchev–Trinajstić information content (AvgIpc) is 3.30. The van der Waals surface area contributed by atoms with Crippen molar-refractivity contribution in [3.63, 3.8) is 0 Å². The zero-order chi connectivity index (χ0) is 18.1. The lowest BCUT2D eigenvalue weighted by Gasteiger charge is -2.02. The molecule has 0 bridgehead atoms. The summed E-state index contributed by atoms with van der Waals surface area (Å²) in [5, 5.41) is 15.7. The number of aromatic nitrogens is 1. The van der Waals surface area contributed by atoms with Gasteiger partial charge in [-0.1, -0.05) is 0 Å². The smallest absolute Gasteiger partial charge is 0.269 e. The minimum absolute atomic E-state index is 0.0568. The number of thiazole rings is 1. The maximum atomic E-state index is 12.3. The van der Waals surface area contributed by atoms with Crippen molar-refractivity contribution in [2.45, 2.75) is 6.42 Å². The van der Waals surface area contributed by atoms with E-state index in [2.05, 4.69) is 16.4 Å². The Morgan fingerprint density at radius 2 is 2.04 bits per heavy atom. The van der Waals surface area contributed by atoms with Gasteiger partial charge in [-0.05, 0) is 35.9 Å². The summed E-state index contributed by atoms with van der Waals surface area (Å²) in [4.78, 5) is 26.9. The van der Waals surface area contributed by atoms with Crippen LogP contribution in [0.1, 0.15) is 15.9 Å². The number of nitro groups is 1. The Morgan fingerprint density at radius 3 is 2.81 bits per heavy atom. The van der Waals surface area contributed by atoms with Crippen molar-refractivity contribution < 1.29 is 14.5 Å². The second-order valence-electron chi connectivity index (χ2n) is 5.72. The third-order valence-corrected chi connectivity index (χ3v) is 4.81. The molecule has 0 saturated heterocycles. The molecule has 3 aromatic rings. The van der Waals surface area contributed by atoms with Crippen LogP contribution in [-0.4, -0.2) is 22.4 Å². The predicted octanol–water partition coefficient (Wildman–Crippen LogP) is 3.91. The number of anilines is 1. The Morgan fingerprint density at radius 1 is 1.23 bits per heavy atom. The summed E-state index contributed by atoms with van der Waals surface area (Å²) in [6.45, 7) is 0.701. The zero-order valence-corrected chi connectivity index (χ0v) is 14.3. The van der Waals surface area contributed by atoms with E-state index in [1.54, 1.807) is 0 Å². The molecule has 0 radical (unpaired) electrons. The van der Waals surface area contributed by atoms with Gasteiger partial charge in [0.2, 0.25) is 0 Å². The number of nitro benzene ring substituents is 1. The molecule has 0 atom stereocenters. The molecule has 2 heterocycles. The van der Waals surface area contributed by atoms with Crippen LogP contribution in [0.4, 0.5) is 10.8 Å². The maximum Gasteiger partial charge on any atom is 0.269 e. The van der Waals surface area contributed by atoms with E-state index in [1.165, 1.54) is 35.6 Å². The Hall–Kier alpha value is -3.26. The first-order valence-electron chi connectivity index (χ1n) is 7.87. The van der Waals surface area contributed by atoms with Gasteiger partial charge < -0.3 is 4.74 Å². The first-order chi connectivity index (χ1) is 12.6. The summed E-state index contributed by atoms with van der Waals surface area (Å²) in [6, 6.07) is 11.4. The van der Waals surface area contributed by atoms with Crippen molar-refractivity contribution in [3.05, 3.63) is 69.1 Å². The number of non-ortho nitro benzene ring substituents is 1. The number of fused-ring (bicyclic) bond motifs is 1. The predicted molar refractivity (Wildman–Crippen MR) is 97.8 cm³/mol. The van der Waals surface area contributed by atoms with Gasteiger partial charge in [-0.25, -0.2) is 4.98 Å². The number of ether oxygens (including phenoxy) is 1. The fraction of sp³-hybridized carbons (Fsp3) is 0.111. The summed E-state index contributed by atoms with van der Waals surface area (Å²) in [6.07, 6.45) is 0.886. The van der Waals surface area contributed by atoms with Gasteiger partial charge in [0, 0.05) is 35.1 Å². The van der Waals surface area contributed by atoms with Crippen molar-refractivity contribution in [2.24, 2.45) is 0 Å². The van der Waals surface area contributed by atoms with Gasteiger partial charge in [-0.3, -0.25) is 20.2 Å². The lowest BCUT2D eigenvalue weighted by molar-refractivity contribution is -0.384. The average molecular weight is 367 g/mol. The van der Waals surface area contributed by atoms with E-state index >= 15 is 0 Å². The van der Waals surface area contributed by atoms with E-state index in [-0.39, 0.29) is 11.6 Å². The van der Waals surface area contributed by atoms with E-state index in [9.17, 15) is 14.9 Å². The number of nitrogens with one attached hydrogen (secondary N) is 1. The second kappa shape index (κ2) is 6.57. The number of carbonyl (C=O) groups excluding carboxylic acids is 1. The van der Waals surface area contributed by atoms with Crippen molar-refractivity contribution >= 4 is 28.1 Å². The zero-order valence-electron chi connectivity index (χ0n) is 13.5. The van der Waals surface area contributed by atoms with Gasteiger partial charge >= 0.3 is 0 Å². The van der Waals surface area contributed by atoms with Crippen LogP contribution in [0.25, 0.3) is 11.3 Å². The van der Waals surface area contributed by atoms with Gasteiger partial charge in [0.15, 0.2) is 5.13 Å². The van der Waals surface area contributed by atoms with Crippen molar-refractivity contribution in [2.75, 3.05) is 11.9 Å². The molecule has 1 aliphatic heterocycles. The van der Waals surface area contributed by atoms with E-state index < -0.39 is 4.92 Å². The van der Waals surface area contributed by atoms with E-state index in [1.807, 2.05) is 17.5 Å². The molecule has 0 aliphatic carbocycles. The normalized spacial score (nSPS) is 12.3. The lowest BCUT2D eigenvalue weighted by Crippen LogP contribution is -2.11. The van der Waals surface area contributed by atoms with Crippen molar-refractivity contribution in [3.8, 4) is 17.0 Å². The Bertz CT molecular complexity index is 998. The van der Waals surface area contributed by atoms with E-state index in [0.717, 1.165) is 29.0 Å². The standard InChI is InChI=1S/C18H13N3O4S/c22-17(11-1-4-14(5-2-11)21(23)24)20-18-19-15(10-26-18)12-3-6-16-13(9-12)7-8-25-16/h1-6,9-10H,7-8H2,(H,19,20,22). The molecular weight excluding hydrogens is 354 g/mol. The molecular formula is C18H13N3O4S. The molecule has 1 aliphatic rings. The third kappa shape index (κ3) is 3.14. The lowest BCUT2D eigenvalue weighted by atomic mass is 10.1. The summed E-state index contributed by atoms with van der Waals surface area (Å²) in [7, 11) is 0. The largest absolute Gasteiger partial charge is 0.493 e. The van der Waals surface area contributed by atoms with Crippen molar-refractivity contribution in [1.29, 1.82) is 0 Å². The number of rotatable bonds is 4. The molecule has 26 heavy (non-hydrogen) atoms. The van der Waals surface area contributed by atoms with Crippen molar-refractivity contribution in [1.82, 2.24) is 4.98 Å². The minimum Gasteiger partial charge on any atom is -0.493 e. The van der Waals surface area contributed by atoms with Crippen LogP contribution in [0.15, 0.2) is 47.8 Å². The SMILES string of the molecule is O=C(Nc1nc(-c2ccc3c(c2)CCO3)cs1)c1ccc([N+](=O)[O-])cc1. The topological polar surface area (TPSA) is 94.4 Å². The molecule has 0 fully saturated rings. The molecule has 0 unspecified atom stereocenters. The molecule has 130 valence electrons. The van der Waals surface area contributed by atoms with Crippen LogP contribution in [0, 0.1) is 10.1 Å². The van der Waals surface area contributed by atoms with Crippen LogP contribution in [0.5, 0.6) is 5.75 Å². The maximum absolute atomic E-state index is 12.3. The number of benzene rings is 2. The van der Waals surface area contributed by atoms with Crippen LogP contribution >= 0.6 is 11.3 Å². The first kappa shape index (κ1) is 16.2. The summed E-state index contributed by atoms with van der Waals surface area (Å²) < 4.78 is 5.50. The molecule has 8 heteroatoms. The molecule has 1 amide bonds. The van der Waals surface area contributed by atoms with Gasteiger partial charge in [-0.2, -0.15) is 0 Å². The molecule has 1 aromatic heterocycles. The molecule has 4 rings (SSSR count). The Labute approximate surface area is 152 Å². The number of amides is 1. The highest BCUT2D eigenvalue weighted by Gasteiger charge is 2.15. The Kier molecular flexibility index (Phi) is 4.10. The van der Waals surface area contributed by atoms with Crippen LogP contribution in [0.3, 0.4) is 0 Å². The van der Waals surface area contributed by atoms with Crippen LogP contribution in [0.2, 0.25) is 0 Å². The minimum atomic E-state index is -0.504. The fourth-order valence-corrected chi connectivity index (χ4v) is 3.43. The van der Waals surface area contributed by atoms with E-state index in [0.29, 0.717) is 17.3 Å². The molecule has 2 aromatic carbocycles. The monoisotopic (exact) mass is 367 g/mol. The summed E-state index contributed by atoms with van der Waals surface area (Å²) in [5.41, 5.74) is 3.19. The number of nitrogens with zero attached hydrogens (tertiary/aromatic N) is 2. The Balaban J connectivity index is 1.49. The summed E-state index contributed by atoms with van der Waals surface area (Å²) >= 11 is 1.33. The highest BCUT2D eigenvalue weighted by Crippen LogP contribution is 2.32. The molecule has 1 N–H and O–H groups in total. The molecule has 7 nitrogen and oxygen atoms in total. The highest BCUT2D eigenvalue weighted by atomic mass is 32.1. The number of carbonyl (C=O) groups is 1. The van der Waals surface area contributed by atoms with Gasteiger partial charge in [0.05, 0.1) is 17.2 Å². The van der Waals surface area contributed by atoms with Crippen LogP contribution < -0.4 is 10.1 Å². The quantitative estimate of drug-likeness (QED) is 0.557. The van der Waals surface area contributed by atoms with Gasteiger partial charge in [0.25, 0.3) is 11.6 Å². The van der Waals surface area contributed by atoms with E-state index in [4.69, 9.17) is 4.74 Å². The first-order valence-corrected chi connectivity index (χ1v) is 8.75. The number of hydrogen-bond acceptors (Lipinski definition) is 6. The van der Waals surface area contributed by atoms with Crippen LogP contribution in [-0.2, 0) is 6.42 Å². The van der Waals surface area contributed by atoms with Gasteiger partial charge in [0.1, 0.15) is 5.75 Å². The second-order valence-corrected chi connectivity index (χ2v) is 6.58. The fourth-order valence-electron chi connectivity index (χ4n) is 2.71. The molecule has 0 saturated carbocycles. The van der Waals surface area contributed by atoms with Gasteiger partial charge in [-0.15, -0.1) is 11.3 Å². The molecule has 0 spiro atoms. The summed E-state index contributed by atoms with van der Waals surface area (Å²) in [5.74, 6) is 0.554. The number of hydrogen-bond donors (Lipinski definition) is 1. The third-order valence-electron chi connectivity index (χ3n) is 4.05.